The van der Waals surface area contributed by atoms with Crippen LogP contribution in [0, 0.1) is 6.08 Å². The van der Waals surface area contributed by atoms with Gasteiger partial charge in [0.25, 0.3) is 0 Å². The van der Waals surface area contributed by atoms with Crippen LogP contribution in [0.1, 0.15) is 6.92 Å². The summed E-state index contributed by atoms with van der Waals surface area (Å²) in [6, 6.07) is 0. The minimum absolute atomic E-state index is 0. The zero-order valence-electron chi connectivity index (χ0n) is 5.29. The van der Waals surface area contributed by atoms with E-state index in [0.29, 0.717) is 0 Å². The van der Waals surface area contributed by atoms with Crippen LogP contribution in [0.15, 0.2) is 15.3 Å². The first-order valence-corrected chi connectivity index (χ1v) is 4.17. The van der Waals surface area contributed by atoms with E-state index in [-0.39, 0.29) is 79.2 Å². The minimum atomic E-state index is 0. The molecule has 0 N–H and O–H groups in total. The van der Waals surface area contributed by atoms with Crippen LogP contribution in [0.4, 0.5) is 0 Å². The quantitative estimate of drug-likeness (QED) is 0.304. The molecule has 0 amide bonds. The molecule has 0 aromatic heterocycles. The molecule has 1 atom stereocenters. The molecule has 1 unspecified atom stereocenters. The van der Waals surface area contributed by atoms with Crippen LogP contribution < -0.4 is 37.2 Å². The van der Waals surface area contributed by atoms with Gasteiger partial charge < -0.3 is 37.2 Å². The molecule has 0 spiro atoms. The summed E-state index contributed by atoms with van der Waals surface area (Å²) in [5, 5.41) is 0. The maximum Gasteiger partial charge on any atom is 4.00 e. The Kier molecular flexibility index (Phi) is 30.3. The Labute approximate surface area is 106 Å². The van der Waals surface area contributed by atoms with Gasteiger partial charge in [-0.1, -0.05) is 0 Å². The zero-order chi connectivity index (χ0) is 4.41. The molecule has 0 radical (unpaired) electrons. The largest absolute Gasteiger partial charge is 4.00 e. The fourth-order valence-electron chi connectivity index (χ4n) is 0.375. The van der Waals surface area contributed by atoms with E-state index in [1.54, 1.807) is 0 Å². The average molecular weight is 339 g/mol. The van der Waals surface area contributed by atoms with Crippen molar-refractivity contribution in [2.45, 2.75) is 6.92 Å². The first-order chi connectivity index (χ1) is 2.89. The van der Waals surface area contributed by atoms with Gasteiger partial charge in [-0.2, -0.15) is 0 Å². The van der Waals surface area contributed by atoms with Gasteiger partial charge in [0, 0.05) is 0 Å². The topological polar surface area (TPSA) is 0 Å². The summed E-state index contributed by atoms with van der Waals surface area (Å²) in [5.74, 6) is 0. The van der Waals surface area contributed by atoms with Crippen molar-refractivity contribution in [3.63, 3.8) is 0 Å². The van der Waals surface area contributed by atoms with Crippen LogP contribution >= 0.6 is 0 Å². The van der Waals surface area contributed by atoms with E-state index in [1.807, 2.05) is 6.08 Å². The van der Waals surface area contributed by atoms with Crippen molar-refractivity contribution >= 4 is 15.8 Å². The molecule has 0 nitrogen and oxygen atoms in total. The fourth-order valence-corrected chi connectivity index (χ4v) is 1.60. The Morgan fingerprint density at radius 1 is 1.30 bits per heavy atom. The van der Waals surface area contributed by atoms with Gasteiger partial charge in [-0.05, 0) is 0 Å². The second-order valence-electron chi connectivity index (χ2n) is 1.25. The molecule has 5 heteroatoms. The molecule has 0 aromatic carbocycles. The van der Waals surface area contributed by atoms with E-state index in [9.17, 15) is 0 Å². The third kappa shape index (κ3) is 9.79. The SMILES string of the molecule is CC1=[C-]C=C[AsH]1.[Cl-].[Cl-].[Cl-].[Zr+4]. The molecule has 56 valence electrons. The molecular weight excluding hydrogens is 333 g/mol. The van der Waals surface area contributed by atoms with Crippen LogP contribution in [0.5, 0.6) is 0 Å². The molecule has 0 saturated heterocycles. The van der Waals surface area contributed by atoms with E-state index in [0.717, 1.165) is 0 Å². The van der Waals surface area contributed by atoms with Crippen LogP contribution in [-0.2, 0) is 26.2 Å². The van der Waals surface area contributed by atoms with Gasteiger partial charge in [0.1, 0.15) is 0 Å². The maximum atomic E-state index is 3.11. The van der Waals surface area contributed by atoms with Gasteiger partial charge in [0.05, 0.1) is 0 Å². The van der Waals surface area contributed by atoms with E-state index in [4.69, 9.17) is 0 Å². The van der Waals surface area contributed by atoms with E-state index in [2.05, 4.69) is 17.9 Å². The molecule has 1 aliphatic heterocycles. The summed E-state index contributed by atoms with van der Waals surface area (Å²) < 4.78 is 1.47. The van der Waals surface area contributed by atoms with Gasteiger partial charge >= 0.3 is 70.3 Å². The summed E-state index contributed by atoms with van der Waals surface area (Å²) in [4.78, 5) is 2.23. The predicted octanol–water partition coefficient (Wildman–Crippen LogP) is -8.33. The molecular formula is C5H6AsCl3Zr. The molecule has 1 aliphatic rings. The van der Waals surface area contributed by atoms with Crippen molar-refractivity contribution in [2.24, 2.45) is 0 Å². The van der Waals surface area contributed by atoms with Crippen LogP contribution in [0.2, 0.25) is 0 Å². The fraction of sp³-hybridized carbons (Fsp3) is 0.200. The van der Waals surface area contributed by atoms with Crippen LogP contribution in [0.25, 0.3) is 0 Å². The number of hydrogen-bond donors (Lipinski definition) is 0. The third-order valence-electron chi connectivity index (χ3n) is 0.683. The summed E-state index contributed by atoms with van der Waals surface area (Å²) in [6.07, 6.45) is 5.13. The van der Waals surface area contributed by atoms with Gasteiger partial charge in [-0.15, -0.1) is 0 Å². The Hall–Kier alpha value is 1.79. The predicted molar refractivity (Wildman–Crippen MR) is 28.7 cm³/mol. The van der Waals surface area contributed by atoms with Crippen LogP contribution in [0.3, 0.4) is 0 Å². The number of hydrogen-bond acceptors (Lipinski definition) is 0. The van der Waals surface area contributed by atoms with E-state index < -0.39 is 0 Å². The van der Waals surface area contributed by atoms with E-state index in [1.165, 1.54) is 4.36 Å². The first-order valence-electron chi connectivity index (χ1n) is 1.91. The first kappa shape index (κ1) is 22.6. The molecule has 0 aliphatic carbocycles. The van der Waals surface area contributed by atoms with Gasteiger partial charge in [-0.3, -0.25) is 0 Å². The Morgan fingerprint density at radius 2 is 1.80 bits per heavy atom. The van der Waals surface area contributed by atoms with Crippen molar-refractivity contribution in [1.29, 1.82) is 0 Å². The van der Waals surface area contributed by atoms with Crippen molar-refractivity contribution in [1.82, 2.24) is 0 Å². The molecule has 0 bridgehead atoms. The average Bonchev–Trinajstić information content (AvgIpc) is 1.86. The summed E-state index contributed by atoms with van der Waals surface area (Å²) >= 11 is 0.194. The molecule has 10 heavy (non-hydrogen) atoms. The molecule has 0 fully saturated rings. The van der Waals surface area contributed by atoms with Gasteiger partial charge in [-0.25, -0.2) is 0 Å². The smallest absolute Gasteiger partial charge is 1.00 e. The minimum Gasteiger partial charge on any atom is -1.00 e. The Bertz CT molecular complexity index is 113. The summed E-state index contributed by atoms with van der Waals surface area (Å²) in [7, 11) is 0. The molecule has 1 heterocycles. The Balaban J connectivity index is -0.0000000450. The monoisotopic (exact) mass is 336 g/mol. The van der Waals surface area contributed by atoms with Crippen molar-refractivity contribution in [3.8, 4) is 0 Å². The number of rotatable bonds is 0. The maximum absolute atomic E-state index is 3.11. The van der Waals surface area contributed by atoms with Crippen molar-refractivity contribution < 1.29 is 63.4 Å². The number of halogens is 3. The zero-order valence-corrected chi connectivity index (χ0v) is 12.1. The van der Waals surface area contributed by atoms with Crippen LogP contribution in [-0.4, -0.2) is 15.8 Å². The standard InChI is InChI=1S/C5H6As.3ClH.Zr/c1-5-3-2-4-6-5;;;;/h2,4,6H,1H3;3*1H;/q-1;;;;+4/p-3. The molecule has 1 rings (SSSR count). The summed E-state index contributed by atoms with van der Waals surface area (Å²) in [6.45, 7) is 2.14. The van der Waals surface area contributed by atoms with Crippen molar-refractivity contribution in [3.05, 3.63) is 21.4 Å². The van der Waals surface area contributed by atoms with Crippen molar-refractivity contribution in [2.75, 3.05) is 0 Å². The summed E-state index contributed by atoms with van der Waals surface area (Å²) in [5.41, 5.74) is 0. The van der Waals surface area contributed by atoms with Gasteiger partial charge in [0.15, 0.2) is 0 Å². The molecule has 0 aromatic rings. The number of allylic oxidation sites excluding steroid dienone is 3. The second-order valence-corrected chi connectivity index (χ2v) is 4.13. The van der Waals surface area contributed by atoms with Gasteiger partial charge in [0.2, 0.25) is 0 Å². The molecule has 0 saturated carbocycles. The third-order valence-corrected chi connectivity index (χ3v) is 2.59. The normalized spacial score (nSPS) is 13.5. The van der Waals surface area contributed by atoms with E-state index >= 15 is 0 Å². The Morgan fingerprint density at radius 3 is 1.90 bits per heavy atom. The second kappa shape index (κ2) is 13.4.